The van der Waals surface area contributed by atoms with Gasteiger partial charge in [0.25, 0.3) is 5.91 Å². The molecule has 1 aliphatic rings. The number of imidazole rings is 1. The largest absolute Gasteiger partial charge is 0.379 e. The van der Waals surface area contributed by atoms with Gasteiger partial charge in [0.05, 0.1) is 18.9 Å². The summed E-state index contributed by atoms with van der Waals surface area (Å²) < 4.78 is 20.7. The van der Waals surface area contributed by atoms with Crippen molar-refractivity contribution in [1.29, 1.82) is 0 Å². The lowest BCUT2D eigenvalue weighted by Crippen LogP contribution is -2.45. The van der Waals surface area contributed by atoms with Gasteiger partial charge in [0.2, 0.25) is 11.9 Å². The number of nitrogens with zero attached hydrogens (tertiary/aromatic N) is 4. The van der Waals surface area contributed by atoms with E-state index in [1.54, 1.807) is 52.1 Å². The van der Waals surface area contributed by atoms with E-state index in [0.29, 0.717) is 43.2 Å². The molecule has 0 atom stereocenters. The summed E-state index contributed by atoms with van der Waals surface area (Å²) >= 11 is 0. The molecule has 2 heterocycles. The summed E-state index contributed by atoms with van der Waals surface area (Å²) in [5.74, 6) is -0.672. The van der Waals surface area contributed by atoms with E-state index in [2.05, 4.69) is 15.2 Å². The number of hydrogen-bond donors (Lipinski definition) is 1. The number of benzene rings is 3. The Morgan fingerprint density at radius 1 is 0.923 bits per heavy atom. The summed E-state index contributed by atoms with van der Waals surface area (Å²) in [4.78, 5) is 35.1. The molecule has 39 heavy (non-hydrogen) atoms. The maximum atomic E-state index is 13.6. The van der Waals surface area contributed by atoms with Crippen molar-refractivity contribution in [3.8, 4) is 16.9 Å². The van der Waals surface area contributed by atoms with Crippen LogP contribution in [0.5, 0.6) is 0 Å². The number of nitrogens with one attached hydrogen (secondary N) is 1. The fourth-order valence-electron chi connectivity index (χ4n) is 4.46. The predicted molar refractivity (Wildman–Crippen MR) is 147 cm³/mol. The first-order valence-electron chi connectivity index (χ1n) is 12.9. The monoisotopic (exact) mass is 527 g/mol. The Hall–Kier alpha value is -4.34. The van der Waals surface area contributed by atoms with E-state index in [4.69, 9.17) is 4.74 Å². The van der Waals surface area contributed by atoms with Crippen molar-refractivity contribution < 1.29 is 18.7 Å². The molecule has 1 N–H and O–H groups in total. The second kappa shape index (κ2) is 12.5. The molecule has 4 aromatic rings. The second-order valence-electron chi connectivity index (χ2n) is 9.26. The van der Waals surface area contributed by atoms with Crippen LogP contribution >= 0.6 is 0 Å². The Labute approximate surface area is 226 Å². The standard InChI is InChI=1S/C30H30FN5O3/c31-25-11-13-26(14-12-25)36-21-27(23-7-3-1-4-8-23)32-30(36)33-28(37)22-35(16-15-34-17-19-39-20-18-34)29(38)24-9-5-2-6-10-24/h1-14,21H,15-20,22H2,(H,32,33,37). The van der Waals surface area contributed by atoms with Crippen LogP contribution in [0.4, 0.5) is 10.3 Å². The molecule has 0 unspecified atom stereocenters. The average Bonchev–Trinajstić information content (AvgIpc) is 3.40. The van der Waals surface area contributed by atoms with Crippen LogP contribution in [0.1, 0.15) is 10.4 Å². The molecule has 1 aromatic heterocycles. The second-order valence-corrected chi connectivity index (χ2v) is 9.26. The van der Waals surface area contributed by atoms with Gasteiger partial charge in [-0.2, -0.15) is 0 Å². The van der Waals surface area contributed by atoms with Crippen LogP contribution in [0.2, 0.25) is 0 Å². The number of carbonyl (C=O) groups excluding carboxylic acids is 2. The smallest absolute Gasteiger partial charge is 0.254 e. The van der Waals surface area contributed by atoms with E-state index in [1.807, 2.05) is 36.4 Å². The van der Waals surface area contributed by atoms with Crippen molar-refractivity contribution in [3.63, 3.8) is 0 Å². The van der Waals surface area contributed by atoms with Gasteiger partial charge in [0.15, 0.2) is 0 Å². The Bertz CT molecular complexity index is 1390. The number of rotatable bonds is 9. The van der Waals surface area contributed by atoms with Crippen molar-refractivity contribution in [1.82, 2.24) is 19.4 Å². The van der Waals surface area contributed by atoms with Gasteiger partial charge in [0.1, 0.15) is 12.4 Å². The highest BCUT2D eigenvalue weighted by atomic mass is 19.1. The summed E-state index contributed by atoms with van der Waals surface area (Å²) in [5.41, 5.74) is 2.69. The van der Waals surface area contributed by atoms with Gasteiger partial charge >= 0.3 is 0 Å². The number of aromatic nitrogens is 2. The van der Waals surface area contributed by atoms with Gasteiger partial charge in [0, 0.05) is 49.2 Å². The third kappa shape index (κ3) is 6.76. The summed E-state index contributed by atoms with van der Waals surface area (Å²) in [6.45, 7) is 3.77. The van der Waals surface area contributed by atoms with E-state index in [-0.39, 0.29) is 30.1 Å². The highest BCUT2D eigenvalue weighted by molar-refractivity contribution is 5.99. The normalized spacial score (nSPS) is 13.7. The number of morpholine rings is 1. The Morgan fingerprint density at radius 2 is 1.59 bits per heavy atom. The molecule has 0 bridgehead atoms. The maximum Gasteiger partial charge on any atom is 0.254 e. The molecular formula is C30H30FN5O3. The molecule has 1 aliphatic heterocycles. The van der Waals surface area contributed by atoms with E-state index in [1.165, 1.54) is 12.1 Å². The van der Waals surface area contributed by atoms with Crippen LogP contribution in [0.15, 0.2) is 91.1 Å². The van der Waals surface area contributed by atoms with Gasteiger partial charge in [-0.05, 0) is 36.4 Å². The first kappa shape index (κ1) is 26.3. The third-order valence-corrected chi connectivity index (χ3v) is 6.56. The first-order chi connectivity index (χ1) is 19.1. The summed E-state index contributed by atoms with van der Waals surface area (Å²) in [6.07, 6.45) is 1.80. The molecule has 9 heteroatoms. The van der Waals surface area contributed by atoms with Gasteiger partial charge in [-0.15, -0.1) is 0 Å². The fraction of sp³-hybridized carbons (Fsp3) is 0.233. The number of halogens is 1. The topological polar surface area (TPSA) is 79.7 Å². The molecular weight excluding hydrogens is 497 g/mol. The zero-order valence-corrected chi connectivity index (χ0v) is 21.5. The highest BCUT2D eigenvalue weighted by Crippen LogP contribution is 2.24. The lowest BCUT2D eigenvalue weighted by atomic mass is 10.2. The number of carbonyl (C=O) groups is 2. The van der Waals surface area contributed by atoms with Crippen molar-refractivity contribution in [3.05, 3.63) is 103 Å². The van der Waals surface area contributed by atoms with Gasteiger partial charge < -0.3 is 9.64 Å². The van der Waals surface area contributed by atoms with E-state index < -0.39 is 0 Å². The molecule has 0 spiro atoms. The Kier molecular flexibility index (Phi) is 8.40. The molecule has 200 valence electrons. The lowest BCUT2D eigenvalue weighted by molar-refractivity contribution is -0.117. The van der Waals surface area contributed by atoms with Gasteiger partial charge in [-0.3, -0.25) is 24.4 Å². The predicted octanol–water partition coefficient (Wildman–Crippen LogP) is 4.09. The van der Waals surface area contributed by atoms with Crippen LogP contribution < -0.4 is 5.32 Å². The zero-order chi connectivity index (χ0) is 27.0. The number of hydrogen-bond acceptors (Lipinski definition) is 5. The quantitative estimate of drug-likeness (QED) is 0.355. The highest BCUT2D eigenvalue weighted by Gasteiger charge is 2.22. The third-order valence-electron chi connectivity index (χ3n) is 6.56. The van der Waals surface area contributed by atoms with E-state index >= 15 is 0 Å². The Balaban J connectivity index is 1.37. The van der Waals surface area contributed by atoms with Crippen molar-refractivity contribution in [2.24, 2.45) is 0 Å². The minimum Gasteiger partial charge on any atom is -0.379 e. The van der Waals surface area contributed by atoms with E-state index in [9.17, 15) is 14.0 Å². The molecule has 1 saturated heterocycles. The minimum atomic E-state index is -0.380. The maximum absolute atomic E-state index is 13.6. The number of ether oxygens (including phenoxy) is 1. The lowest BCUT2D eigenvalue weighted by Gasteiger charge is -2.30. The van der Waals surface area contributed by atoms with Crippen molar-refractivity contribution in [2.45, 2.75) is 0 Å². The SMILES string of the molecule is O=C(CN(CCN1CCOCC1)C(=O)c1ccccc1)Nc1nc(-c2ccccc2)cn1-c1ccc(F)cc1. The molecule has 1 fully saturated rings. The minimum absolute atomic E-state index is 0.144. The molecule has 0 radical (unpaired) electrons. The van der Waals surface area contributed by atoms with Crippen LogP contribution in [0.25, 0.3) is 16.9 Å². The van der Waals surface area contributed by atoms with E-state index in [0.717, 1.165) is 18.7 Å². The molecule has 8 nitrogen and oxygen atoms in total. The van der Waals surface area contributed by atoms with Crippen LogP contribution in [0, 0.1) is 5.82 Å². The molecule has 0 aliphatic carbocycles. The summed E-state index contributed by atoms with van der Waals surface area (Å²) in [6, 6.07) is 24.5. The average molecular weight is 528 g/mol. The van der Waals surface area contributed by atoms with Crippen LogP contribution in [-0.2, 0) is 9.53 Å². The first-order valence-corrected chi connectivity index (χ1v) is 12.9. The van der Waals surface area contributed by atoms with Crippen molar-refractivity contribution >= 4 is 17.8 Å². The summed E-state index contributed by atoms with van der Waals surface area (Å²) in [5, 5.41) is 2.88. The van der Waals surface area contributed by atoms with Crippen LogP contribution in [-0.4, -0.2) is 77.1 Å². The molecule has 2 amide bonds. The number of amides is 2. The van der Waals surface area contributed by atoms with Crippen LogP contribution in [0.3, 0.4) is 0 Å². The van der Waals surface area contributed by atoms with Gasteiger partial charge in [-0.1, -0.05) is 48.5 Å². The van der Waals surface area contributed by atoms with Gasteiger partial charge in [-0.25, -0.2) is 9.37 Å². The molecule has 0 saturated carbocycles. The summed E-state index contributed by atoms with van der Waals surface area (Å²) in [7, 11) is 0. The zero-order valence-electron chi connectivity index (χ0n) is 21.5. The number of anilines is 1. The Morgan fingerprint density at radius 3 is 2.28 bits per heavy atom. The van der Waals surface area contributed by atoms with Crippen molar-refractivity contribution in [2.75, 3.05) is 51.3 Å². The molecule has 3 aromatic carbocycles. The molecule has 5 rings (SSSR count). The fourth-order valence-corrected chi connectivity index (χ4v) is 4.46.